The third-order valence-electron chi connectivity index (χ3n) is 7.95. The van der Waals surface area contributed by atoms with Crippen LogP contribution >= 0.6 is 11.8 Å². The van der Waals surface area contributed by atoms with E-state index in [1.807, 2.05) is 84.9 Å². The minimum atomic E-state index is -0.967. The number of urea groups is 1. The van der Waals surface area contributed by atoms with Gasteiger partial charge in [0, 0.05) is 34.9 Å². The standard InChI is InChI=1S/C39H36N2O7S/c42-24-27-12-14-28(15-13-27)35-22-33(25-49-36-9-5-4-8-34(36)37(43)44)47-38(48-35)29-16-10-26(11-17-29)23-40-39(45)41-30-18-20-32(21-19-30)46-31-6-2-1-3-7-31/h1-21,33,35,38,42H,22-25H2,(H,43,44)(H2,40,41,45). The van der Waals surface area contributed by atoms with Crippen LogP contribution in [0.25, 0.3) is 0 Å². The summed E-state index contributed by atoms with van der Waals surface area (Å²) in [5.74, 6) is 0.976. The Balaban J connectivity index is 1.07. The number of nitrogens with one attached hydrogen (secondary N) is 2. The highest BCUT2D eigenvalue weighted by Crippen LogP contribution is 2.40. The highest BCUT2D eigenvalue weighted by molar-refractivity contribution is 7.99. The number of hydrogen-bond donors (Lipinski definition) is 4. The SMILES string of the molecule is O=C(NCc1ccc(C2OC(CSc3ccccc3C(=O)O)CC(c3ccc(CO)cc3)O2)cc1)Nc1ccc(Oc2ccccc2)cc1. The zero-order valence-electron chi connectivity index (χ0n) is 26.5. The van der Waals surface area contributed by atoms with Crippen molar-refractivity contribution in [2.24, 2.45) is 0 Å². The van der Waals surface area contributed by atoms with Gasteiger partial charge >= 0.3 is 12.0 Å². The lowest BCUT2D eigenvalue weighted by molar-refractivity contribution is -0.245. The molecule has 0 spiro atoms. The third kappa shape index (κ3) is 9.27. The Morgan fingerprint density at radius 3 is 2.12 bits per heavy atom. The van der Waals surface area contributed by atoms with E-state index in [0.717, 1.165) is 28.0 Å². The molecule has 10 heteroatoms. The number of para-hydroxylation sites is 1. The molecular weight excluding hydrogens is 641 g/mol. The number of amides is 2. The molecule has 49 heavy (non-hydrogen) atoms. The van der Waals surface area contributed by atoms with Crippen LogP contribution in [0.1, 0.15) is 51.4 Å². The number of carboxylic acid groups (broad SMARTS) is 1. The van der Waals surface area contributed by atoms with Crippen molar-refractivity contribution < 1.29 is 34.0 Å². The summed E-state index contributed by atoms with van der Waals surface area (Å²) in [7, 11) is 0. The molecule has 1 heterocycles. The van der Waals surface area contributed by atoms with E-state index in [1.165, 1.54) is 11.8 Å². The van der Waals surface area contributed by atoms with Gasteiger partial charge in [-0.2, -0.15) is 0 Å². The normalized spacial score (nSPS) is 17.2. The quantitative estimate of drug-likeness (QED) is 0.0972. The number of thioether (sulfide) groups is 1. The van der Waals surface area contributed by atoms with Gasteiger partial charge < -0.3 is 35.1 Å². The van der Waals surface area contributed by atoms with Crippen molar-refractivity contribution in [3.05, 3.63) is 155 Å². The van der Waals surface area contributed by atoms with Gasteiger partial charge in [0.05, 0.1) is 24.4 Å². The molecule has 5 aromatic rings. The van der Waals surface area contributed by atoms with Crippen molar-refractivity contribution in [3.8, 4) is 11.5 Å². The lowest BCUT2D eigenvalue weighted by Gasteiger charge is -2.36. The lowest BCUT2D eigenvalue weighted by Crippen LogP contribution is -2.31. The van der Waals surface area contributed by atoms with E-state index in [2.05, 4.69) is 10.6 Å². The summed E-state index contributed by atoms with van der Waals surface area (Å²) in [6.07, 6.45) is -0.569. The van der Waals surface area contributed by atoms with E-state index in [-0.39, 0.29) is 30.4 Å². The molecule has 0 aromatic heterocycles. The van der Waals surface area contributed by atoms with Crippen LogP contribution in [-0.2, 0) is 22.6 Å². The molecule has 0 radical (unpaired) electrons. The molecule has 5 aromatic carbocycles. The summed E-state index contributed by atoms with van der Waals surface area (Å²) < 4.78 is 18.7. The molecule has 3 atom stereocenters. The fourth-order valence-corrected chi connectivity index (χ4v) is 6.42. The first-order chi connectivity index (χ1) is 23.9. The molecule has 6 rings (SSSR count). The highest BCUT2D eigenvalue weighted by atomic mass is 32.2. The van der Waals surface area contributed by atoms with Crippen LogP contribution in [0.4, 0.5) is 10.5 Å². The van der Waals surface area contributed by atoms with Crippen molar-refractivity contribution in [2.75, 3.05) is 11.1 Å². The molecule has 2 amide bonds. The van der Waals surface area contributed by atoms with E-state index in [1.54, 1.807) is 42.5 Å². The zero-order valence-corrected chi connectivity index (χ0v) is 27.3. The van der Waals surface area contributed by atoms with E-state index in [4.69, 9.17) is 14.2 Å². The maximum Gasteiger partial charge on any atom is 0.336 e. The van der Waals surface area contributed by atoms with Crippen molar-refractivity contribution in [1.29, 1.82) is 0 Å². The van der Waals surface area contributed by atoms with Gasteiger partial charge in [0.15, 0.2) is 6.29 Å². The summed E-state index contributed by atoms with van der Waals surface area (Å²) in [5.41, 5.74) is 4.40. The fraction of sp³-hybridized carbons (Fsp3) is 0.179. The molecule has 1 saturated heterocycles. The molecule has 1 aliphatic rings. The summed E-state index contributed by atoms with van der Waals surface area (Å²) in [6.45, 7) is 0.274. The number of aliphatic hydroxyl groups is 1. The predicted molar refractivity (Wildman–Crippen MR) is 188 cm³/mol. The minimum Gasteiger partial charge on any atom is -0.478 e. The molecule has 9 nitrogen and oxygen atoms in total. The van der Waals surface area contributed by atoms with E-state index < -0.39 is 12.3 Å². The van der Waals surface area contributed by atoms with Crippen LogP contribution < -0.4 is 15.4 Å². The number of carbonyl (C=O) groups excluding carboxylic acids is 1. The number of carboxylic acids is 1. The van der Waals surface area contributed by atoms with Gasteiger partial charge in [0.2, 0.25) is 0 Å². The molecular formula is C39H36N2O7S. The fourth-order valence-electron chi connectivity index (χ4n) is 5.36. The van der Waals surface area contributed by atoms with Crippen LogP contribution in [-0.4, -0.2) is 34.1 Å². The number of benzene rings is 5. The first-order valence-electron chi connectivity index (χ1n) is 15.9. The average molecular weight is 677 g/mol. The van der Waals surface area contributed by atoms with Gasteiger partial charge in [-0.3, -0.25) is 0 Å². The van der Waals surface area contributed by atoms with Crippen LogP contribution in [0.15, 0.2) is 132 Å². The zero-order chi connectivity index (χ0) is 34.0. The van der Waals surface area contributed by atoms with Gasteiger partial charge in [0.25, 0.3) is 0 Å². The Morgan fingerprint density at radius 2 is 1.41 bits per heavy atom. The molecule has 4 N–H and O–H groups in total. The highest BCUT2D eigenvalue weighted by Gasteiger charge is 2.32. The Bertz CT molecular complexity index is 1840. The second-order valence-electron chi connectivity index (χ2n) is 11.5. The molecule has 250 valence electrons. The van der Waals surface area contributed by atoms with Crippen molar-refractivity contribution >= 4 is 29.4 Å². The number of carbonyl (C=O) groups is 2. The third-order valence-corrected chi connectivity index (χ3v) is 9.16. The van der Waals surface area contributed by atoms with Crippen LogP contribution in [0, 0.1) is 0 Å². The largest absolute Gasteiger partial charge is 0.478 e. The van der Waals surface area contributed by atoms with Gasteiger partial charge in [0.1, 0.15) is 11.5 Å². The van der Waals surface area contributed by atoms with Crippen LogP contribution in [0.3, 0.4) is 0 Å². The van der Waals surface area contributed by atoms with Crippen molar-refractivity contribution in [1.82, 2.24) is 5.32 Å². The first-order valence-corrected chi connectivity index (χ1v) is 16.8. The number of anilines is 1. The van der Waals surface area contributed by atoms with E-state index in [9.17, 15) is 19.8 Å². The topological polar surface area (TPSA) is 126 Å². The summed E-state index contributed by atoms with van der Waals surface area (Å²) in [5, 5.41) is 24.8. The van der Waals surface area contributed by atoms with Gasteiger partial charge in [-0.25, -0.2) is 9.59 Å². The number of ether oxygens (including phenoxy) is 3. The lowest BCUT2D eigenvalue weighted by atomic mass is 10.0. The van der Waals surface area contributed by atoms with E-state index >= 15 is 0 Å². The first kappa shape index (κ1) is 33.8. The maximum atomic E-state index is 12.6. The van der Waals surface area contributed by atoms with Crippen LogP contribution in [0.5, 0.6) is 11.5 Å². The molecule has 1 aliphatic heterocycles. The Labute approximate surface area is 288 Å². The number of aromatic carboxylic acids is 1. The van der Waals surface area contributed by atoms with Gasteiger partial charge in [-0.15, -0.1) is 11.8 Å². The molecule has 3 unspecified atom stereocenters. The second kappa shape index (κ2) is 16.3. The Morgan fingerprint density at radius 1 is 0.755 bits per heavy atom. The van der Waals surface area contributed by atoms with Gasteiger partial charge in [-0.05, 0) is 65.2 Å². The molecule has 0 bridgehead atoms. The Kier molecular flexibility index (Phi) is 11.2. The smallest absolute Gasteiger partial charge is 0.336 e. The predicted octanol–water partition coefficient (Wildman–Crippen LogP) is 8.33. The monoisotopic (exact) mass is 676 g/mol. The molecule has 0 saturated carbocycles. The second-order valence-corrected chi connectivity index (χ2v) is 12.5. The average Bonchev–Trinajstić information content (AvgIpc) is 3.14. The van der Waals surface area contributed by atoms with Gasteiger partial charge in [-0.1, -0.05) is 78.9 Å². The summed E-state index contributed by atoms with van der Waals surface area (Å²) >= 11 is 1.45. The van der Waals surface area contributed by atoms with Crippen LogP contribution in [0.2, 0.25) is 0 Å². The van der Waals surface area contributed by atoms with Crippen molar-refractivity contribution in [2.45, 2.75) is 43.0 Å². The summed E-state index contributed by atoms with van der Waals surface area (Å²) in [4.78, 5) is 25.0. The minimum absolute atomic E-state index is 0.0413. The number of hydrogen-bond acceptors (Lipinski definition) is 7. The number of rotatable bonds is 12. The maximum absolute atomic E-state index is 12.6. The molecule has 0 aliphatic carbocycles. The molecule has 1 fully saturated rings. The number of aliphatic hydroxyl groups excluding tert-OH is 1. The Hall–Kier alpha value is -5.13. The van der Waals surface area contributed by atoms with Crippen molar-refractivity contribution in [3.63, 3.8) is 0 Å². The van der Waals surface area contributed by atoms with E-state index in [0.29, 0.717) is 35.1 Å². The summed E-state index contributed by atoms with van der Waals surface area (Å²) in [6, 6.07) is 38.6.